The number of nitrogens with zero attached hydrogens (tertiary/aromatic N) is 6. The molecule has 0 radical (unpaired) electrons. The van der Waals surface area contributed by atoms with Crippen LogP contribution < -0.4 is 20.1 Å². The Morgan fingerprint density at radius 2 is 2.07 bits per heavy atom. The zero-order valence-corrected chi connectivity index (χ0v) is 26.4. The lowest BCUT2D eigenvalue weighted by atomic mass is 10.0. The fraction of sp³-hybridized carbons (Fsp3) is 0.364. The first-order chi connectivity index (χ1) is 20.4. The van der Waals surface area contributed by atoms with Crippen LogP contribution in [0.25, 0.3) is 11.3 Å². The number of amides is 2. The molecule has 0 bridgehead atoms. The summed E-state index contributed by atoms with van der Waals surface area (Å²) in [4.78, 5) is 71.4. The van der Waals surface area contributed by atoms with Gasteiger partial charge in [-0.05, 0) is 6.92 Å². The molecule has 0 saturated carbocycles. The highest BCUT2D eigenvalue weighted by atomic mass is 32.2. The second-order valence-corrected chi connectivity index (χ2v) is 14.6. The van der Waals surface area contributed by atoms with E-state index in [0.717, 1.165) is 11.3 Å². The van der Waals surface area contributed by atoms with Gasteiger partial charge in [0.25, 0.3) is 5.91 Å². The Hall–Kier alpha value is -3.13. The number of aromatic nitrogens is 4. The number of rotatable bonds is 11. The third-order valence-corrected chi connectivity index (χ3v) is 11.2. The summed E-state index contributed by atoms with van der Waals surface area (Å²) in [6, 6.07) is 1.52. The molecule has 3 aromatic rings. The van der Waals surface area contributed by atoms with Gasteiger partial charge in [0.15, 0.2) is 16.7 Å². The fourth-order valence-electron chi connectivity index (χ4n) is 4.18. The molecule has 2 saturated heterocycles. The predicted molar refractivity (Wildman–Crippen MR) is 156 cm³/mol. The first-order valence-corrected chi connectivity index (χ1v) is 17.6. The van der Waals surface area contributed by atoms with Gasteiger partial charge >= 0.3 is 7.75 Å². The first-order valence-electron chi connectivity index (χ1n) is 12.4. The van der Waals surface area contributed by atoms with Crippen molar-refractivity contribution < 1.29 is 43.2 Å². The number of carbonyl (C=O) groups excluding carboxylic acids is 3. The highest BCUT2D eigenvalue weighted by Gasteiger charge is 2.56. The minimum Gasteiger partial charge on any atom is -0.548 e. The van der Waals surface area contributed by atoms with Crippen molar-refractivity contribution in [2.45, 2.75) is 34.0 Å². The average Bonchev–Trinajstić information content (AvgIpc) is 3.60. The normalized spacial score (nSPS) is 22.0. The van der Waals surface area contributed by atoms with Crippen LogP contribution in [0.1, 0.15) is 12.7 Å². The van der Waals surface area contributed by atoms with Gasteiger partial charge in [-0.1, -0.05) is 16.9 Å². The lowest BCUT2D eigenvalue weighted by Crippen LogP contribution is -2.77. The largest absolute Gasteiger partial charge is 0.548 e. The van der Waals surface area contributed by atoms with Crippen molar-refractivity contribution in [1.82, 2.24) is 24.6 Å². The number of nitrogens with one attached hydrogen (secondary N) is 2. The molecular formula is C22H23N8O8PS4. The van der Waals surface area contributed by atoms with Crippen molar-refractivity contribution >= 4 is 82.8 Å². The molecule has 0 aromatic carbocycles. The van der Waals surface area contributed by atoms with Gasteiger partial charge in [-0.2, -0.15) is 9.36 Å². The summed E-state index contributed by atoms with van der Waals surface area (Å²) >= 11 is 4.53. The third-order valence-electron chi connectivity index (χ3n) is 6.08. The highest BCUT2D eigenvalue weighted by Crippen LogP contribution is 2.44. The van der Waals surface area contributed by atoms with Crippen LogP contribution in [0.2, 0.25) is 0 Å². The SMILES string of the molecule is CCO/N=C(\C(=O)N[C@@H]1C(=O)N2C(C(=O)[O-])C(Sc3nc(-c4cc[n+](C)cc4)cs3)CS[C@H]12)c1nsc(NP(=O)(O)O)n1. The van der Waals surface area contributed by atoms with Crippen LogP contribution in [0.3, 0.4) is 0 Å². The van der Waals surface area contributed by atoms with Crippen molar-refractivity contribution in [3.63, 3.8) is 0 Å². The lowest BCUT2D eigenvalue weighted by Gasteiger charge is -2.55. The standard InChI is InChI=1S/C22H23N8O8PS4/c1-3-38-26-13(16-25-21(43-28-16)27-39(35,36)37)17(31)24-14-18(32)30-15(20(33)34)12(9-40-19(14)30)42-22-23-11(8-41-22)10-4-6-29(2)7-5-10/h4-8,12,14-15,19H,3,9H2,1-2H3,(H4-,24,25,27,28,31,33,34,35,36,37)/b26-13-/t12?,14-,15?,19-/m1/s1. The number of thiazole rings is 1. The number of carboxylic acid groups (broad SMARTS) is 1. The number of pyridine rings is 1. The first kappa shape index (κ1) is 31.3. The van der Waals surface area contributed by atoms with E-state index < -0.39 is 53.9 Å². The molecule has 21 heteroatoms. The van der Waals surface area contributed by atoms with Gasteiger partial charge in [0.2, 0.25) is 22.6 Å². The molecule has 0 aliphatic carbocycles. The Balaban J connectivity index is 1.27. The van der Waals surface area contributed by atoms with Crippen molar-refractivity contribution in [2.75, 3.05) is 17.4 Å². The molecule has 5 heterocycles. The van der Waals surface area contributed by atoms with Gasteiger partial charge in [-0.15, -0.1) is 23.1 Å². The van der Waals surface area contributed by atoms with Crippen LogP contribution in [0.5, 0.6) is 0 Å². The number of aryl methyl sites for hydroxylation is 1. The van der Waals surface area contributed by atoms with Crippen LogP contribution >= 0.6 is 54.1 Å². The molecule has 16 nitrogen and oxygen atoms in total. The topological polar surface area (TPSA) is 223 Å². The van der Waals surface area contributed by atoms with Crippen LogP contribution in [0.15, 0.2) is 39.4 Å². The Labute approximate surface area is 260 Å². The van der Waals surface area contributed by atoms with E-state index in [1.807, 2.05) is 46.6 Å². The number of carboxylic acids is 1. The number of aliphatic carboxylic acids is 1. The second-order valence-electron chi connectivity index (χ2n) is 9.03. The second kappa shape index (κ2) is 12.8. The Kier molecular flexibility index (Phi) is 9.35. The molecule has 2 aliphatic heterocycles. The van der Waals surface area contributed by atoms with E-state index in [9.17, 15) is 24.1 Å². The summed E-state index contributed by atoms with van der Waals surface area (Å²) < 4.78 is 17.7. The minimum atomic E-state index is -4.67. The number of thioether (sulfide) groups is 2. The zero-order chi connectivity index (χ0) is 30.9. The molecule has 2 amide bonds. The zero-order valence-electron chi connectivity index (χ0n) is 22.2. The summed E-state index contributed by atoms with van der Waals surface area (Å²) in [6.07, 6.45) is 3.80. The number of oxime groups is 1. The molecule has 2 fully saturated rings. The maximum Gasteiger partial charge on any atom is 0.429 e. The van der Waals surface area contributed by atoms with Crippen LogP contribution in [0.4, 0.5) is 5.13 Å². The molecule has 4 atom stereocenters. The Morgan fingerprint density at radius 3 is 2.74 bits per heavy atom. The van der Waals surface area contributed by atoms with Crippen molar-refractivity contribution in [3.05, 3.63) is 35.7 Å². The van der Waals surface area contributed by atoms with Crippen molar-refractivity contribution in [3.8, 4) is 11.3 Å². The maximum absolute atomic E-state index is 13.2. The van der Waals surface area contributed by atoms with Gasteiger partial charge in [-0.25, -0.2) is 14.1 Å². The molecule has 2 unspecified atom stereocenters. The van der Waals surface area contributed by atoms with E-state index in [1.165, 1.54) is 39.8 Å². The molecule has 0 spiro atoms. The van der Waals surface area contributed by atoms with Crippen LogP contribution in [-0.2, 0) is 30.8 Å². The number of fused-ring (bicyclic) bond motifs is 1. The van der Waals surface area contributed by atoms with Gasteiger partial charge in [-0.3, -0.25) is 14.7 Å². The van der Waals surface area contributed by atoms with E-state index in [-0.39, 0.29) is 17.6 Å². The van der Waals surface area contributed by atoms with E-state index in [4.69, 9.17) is 14.6 Å². The minimum absolute atomic E-state index is 0.0835. The van der Waals surface area contributed by atoms with E-state index in [2.05, 4.69) is 24.8 Å². The average molecular weight is 687 g/mol. The molecule has 2 aliphatic rings. The fourth-order valence-corrected chi connectivity index (χ4v) is 9.34. The van der Waals surface area contributed by atoms with Gasteiger partial charge in [0, 0.05) is 45.6 Å². The number of β-lactam (4-membered cyclic amide) rings is 1. The molecule has 5 rings (SSSR count). The quantitative estimate of drug-likeness (QED) is 0.0651. The van der Waals surface area contributed by atoms with Gasteiger partial charge in [0.05, 0.1) is 17.7 Å². The molecule has 4 N–H and O–H groups in total. The van der Waals surface area contributed by atoms with Crippen LogP contribution in [0, 0.1) is 0 Å². The summed E-state index contributed by atoms with van der Waals surface area (Å²) in [5.74, 6) is -2.87. The van der Waals surface area contributed by atoms with E-state index in [1.54, 1.807) is 6.92 Å². The predicted octanol–water partition coefficient (Wildman–Crippen LogP) is -0.589. The summed E-state index contributed by atoms with van der Waals surface area (Å²) in [5.41, 5.74) is 1.24. The van der Waals surface area contributed by atoms with E-state index in [0.29, 0.717) is 21.6 Å². The maximum atomic E-state index is 13.2. The third kappa shape index (κ3) is 7.00. The molecule has 3 aromatic heterocycles. The Morgan fingerprint density at radius 1 is 1.33 bits per heavy atom. The smallest absolute Gasteiger partial charge is 0.429 e. The van der Waals surface area contributed by atoms with Crippen molar-refractivity contribution in [2.24, 2.45) is 12.2 Å². The van der Waals surface area contributed by atoms with Crippen LogP contribution in [-0.4, -0.2) is 87.6 Å². The van der Waals surface area contributed by atoms with Crippen molar-refractivity contribution in [1.29, 1.82) is 0 Å². The summed E-state index contributed by atoms with van der Waals surface area (Å²) in [6.45, 7) is 1.70. The lowest BCUT2D eigenvalue weighted by molar-refractivity contribution is -0.671. The summed E-state index contributed by atoms with van der Waals surface area (Å²) in [5, 5.41) is 20.7. The van der Waals surface area contributed by atoms with Gasteiger partial charge in [0.1, 0.15) is 25.1 Å². The monoisotopic (exact) mass is 686 g/mol. The van der Waals surface area contributed by atoms with E-state index >= 15 is 0 Å². The summed E-state index contributed by atoms with van der Waals surface area (Å²) in [7, 11) is -2.77. The number of hydrogen-bond donors (Lipinski definition) is 4. The molecule has 228 valence electrons. The highest BCUT2D eigenvalue weighted by molar-refractivity contribution is 8.04. The molecular weight excluding hydrogens is 664 g/mol. The van der Waals surface area contributed by atoms with Gasteiger partial charge < -0.3 is 34.7 Å². The number of carbonyl (C=O) groups is 3. The molecule has 43 heavy (non-hydrogen) atoms. The Bertz CT molecular complexity index is 1610. The number of anilines is 1. The number of hydrogen-bond acceptors (Lipinski definition) is 14.